The molecule has 7 nitrogen and oxygen atoms in total. The summed E-state index contributed by atoms with van der Waals surface area (Å²) in [4.78, 5) is 36.4. The minimum atomic E-state index is -1.38. The van der Waals surface area contributed by atoms with Crippen LogP contribution in [0.4, 0.5) is 0 Å². The van der Waals surface area contributed by atoms with Gasteiger partial charge in [0.25, 0.3) is 11.5 Å². The number of benzene rings is 1. The first-order valence-electron chi connectivity index (χ1n) is 8.39. The van der Waals surface area contributed by atoms with E-state index >= 15 is 0 Å². The summed E-state index contributed by atoms with van der Waals surface area (Å²) in [6, 6.07) is 8.80. The molecule has 0 radical (unpaired) electrons. The van der Waals surface area contributed by atoms with E-state index in [1.54, 1.807) is 49.8 Å². The minimum absolute atomic E-state index is 0.284. The van der Waals surface area contributed by atoms with E-state index in [1.165, 1.54) is 4.90 Å². The standard InChI is InChI=1S/C20H18N4O3/c1-3-24(2)20(27)16(25)8-7-13-5-4-6-14(11-13)18-22-12-15-9-10-21-19(26)17(15)23-18/h4-6,9-12,16,25H,3H2,1-2H3,(H,21,26)/t16-/m1/s1. The Kier molecular flexibility index (Phi) is 5.29. The van der Waals surface area contributed by atoms with Crippen molar-refractivity contribution in [2.45, 2.75) is 13.0 Å². The van der Waals surface area contributed by atoms with E-state index in [0.29, 0.717) is 34.4 Å². The maximum atomic E-state index is 11.9. The van der Waals surface area contributed by atoms with E-state index in [9.17, 15) is 14.7 Å². The molecule has 0 aliphatic rings. The van der Waals surface area contributed by atoms with Crippen molar-refractivity contribution in [3.63, 3.8) is 0 Å². The number of carbonyl (C=O) groups is 1. The molecule has 0 fully saturated rings. The molecule has 2 heterocycles. The van der Waals surface area contributed by atoms with Crippen molar-refractivity contribution in [1.82, 2.24) is 19.9 Å². The molecule has 0 saturated carbocycles. The highest BCUT2D eigenvalue weighted by atomic mass is 16.3. The van der Waals surface area contributed by atoms with Crippen LogP contribution in [-0.2, 0) is 4.79 Å². The van der Waals surface area contributed by atoms with Gasteiger partial charge in [-0.25, -0.2) is 9.97 Å². The Bertz CT molecular complexity index is 1110. The molecule has 1 atom stereocenters. The van der Waals surface area contributed by atoms with Crippen molar-refractivity contribution >= 4 is 16.8 Å². The third-order valence-electron chi connectivity index (χ3n) is 4.07. The Morgan fingerprint density at radius 1 is 1.37 bits per heavy atom. The van der Waals surface area contributed by atoms with Crippen molar-refractivity contribution in [2.24, 2.45) is 0 Å². The zero-order valence-electron chi connectivity index (χ0n) is 14.9. The van der Waals surface area contributed by atoms with Gasteiger partial charge in [0.2, 0.25) is 0 Å². The van der Waals surface area contributed by atoms with Gasteiger partial charge in [-0.1, -0.05) is 24.0 Å². The van der Waals surface area contributed by atoms with Crippen molar-refractivity contribution in [1.29, 1.82) is 0 Å². The van der Waals surface area contributed by atoms with Crippen molar-refractivity contribution in [3.05, 3.63) is 58.6 Å². The lowest BCUT2D eigenvalue weighted by atomic mass is 10.1. The van der Waals surface area contributed by atoms with E-state index in [4.69, 9.17) is 0 Å². The molecule has 1 amide bonds. The maximum Gasteiger partial charge on any atom is 0.274 e. The first-order valence-corrected chi connectivity index (χ1v) is 8.39. The van der Waals surface area contributed by atoms with Gasteiger partial charge in [0.1, 0.15) is 5.52 Å². The number of rotatable bonds is 3. The number of nitrogens with zero attached hydrogens (tertiary/aromatic N) is 3. The van der Waals surface area contributed by atoms with Gasteiger partial charge >= 0.3 is 0 Å². The molecule has 0 spiro atoms. The van der Waals surface area contributed by atoms with E-state index in [-0.39, 0.29) is 5.56 Å². The normalized spacial score (nSPS) is 11.5. The predicted octanol–water partition coefficient (Wildman–Crippen LogP) is 1.18. The number of fused-ring (bicyclic) bond motifs is 1. The molecule has 0 aliphatic carbocycles. The van der Waals surface area contributed by atoms with E-state index in [2.05, 4.69) is 26.8 Å². The highest BCUT2D eigenvalue weighted by Crippen LogP contribution is 2.17. The summed E-state index contributed by atoms with van der Waals surface area (Å²) in [6.07, 6.45) is 1.76. The smallest absolute Gasteiger partial charge is 0.274 e. The molecule has 1 aromatic carbocycles. The zero-order valence-corrected chi connectivity index (χ0v) is 14.9. The van der Waals surface area contributed by atoms with Crippen molar-refractivity contribution < 1.29 is 9.90 Å². The summed E-state index contributed by atoms with van der Waals surface area (Å²) in [7, 11) is 1.60. The molecular formula is C20H18N4O3. The Labute approximate surface area is 155 Å². The second-order valence-corrected chi connectivity index (χ2v) is 5.91. The zero-order chi connectivity index (χ0) is 19.4. The number of nitrogens with one attached hydrogen (secondary N) is 1. The van der Waals surface area contributed by atoms with Crippen LogP contribution in [0.5, 0.6) is 0 Å². The fourth-order valence-electron chi connectivity index (χ4n) is 2.42. The number of aliphatic hydroxyl groups is 1. The van der Waals surface area contributed by atoms with Crippen LogP contribution in [0.1, 0.15) is 12.5 Å². The number of H-pyrrole nitrogens is 1. The van der Waals surface area contributed by atoms with Crippen LogP contribution in [0.25, 0.3) is 22.3 Å². The molecule has 0 bridgehead atoms. The van der Waals surface area contributed by atoms with Crippen LogP contribution in [0, 0.1) is 11.8 Å². The van der Waals surface area contributed by atoms with Gasteiger partial charge in [0.15, 0.2) is 11.9 Å². The number of aromatic amines is 1. The van der Waals surface area contributed by atoms with Gasteiger partial charge in [-0.05, 0) is 25.1 Å². The molecule has 2 aromatic heterocycles. The number of aromatic nitrogens is 3. The van der Waals surface area contributed by atoms with Crippen LogP contribution in [0.15, 0.2) is 47.5 Å². The molecule has 3 rings (SSSR count). The molecule has 0 saturated heterocycles. The lowest BCUT2D eigenvalue weighted by Gasteiger charge is -2.15. The Morgan fingerprint density at radius 2 is 2.19 bits per heavy atom. The summed E-state index contributed by atoms with van der Waals surface area (Å²) >= 11 is 0. The number of carbonyl (C=O) groups excluding carboxylic acids is 1. The first-order chi connectivity index (χ1) is 13.0. The van der Waals surface area contributed by atoms with Crippen LogP contribution < -0.4 is 5.56 Å². The minimum Gasteiger partial charge on any atom is -0.372 e. The summed E-state index contributed by atoms with van der Waals surface area (Å²) in [5.41, 5.74) is 1.30. The maximum absolute atomic E-state index is 11.9. The third-order valence-corrected chi connectivity index (χ3v) is 4.07. The van der Waals surface area contributed by atoms with Crippen LogP contribution in [-0.4, -0.2) is 50.6 Å². The Morgan fingerprint density at radius 3 is 2.96 bits per heavy atom. The van der Waals surface area contributed by atoms with Crippen LogP contribution in [0.3, 0.4) is 0 Å². The van der Waals surface area contributed by atoms with Crippen LogP contribution in [0.2, 0.25) is 0 Å². The molecular weight excluding hydrogens is 344 g/mol. The average molecular weight is 362 g/mol. The van der Waals surface area contributed by atoms with E-state index in [1.807, 2.05) is 6.92 Å². The van der Waals surface area contributed by atoms with Gasteiger partial charge in [0, 0.05) is 42.5 Å². The third kappa shape index (κ3) is 4.02. The summed E-state index contributed by atoms with van der Waals surface area (Å²) < 4.78 is 0. The van der Waals surface area contributed by atoms with Gasteiger partial charge in [0.05, 0.1) is 0 Å². The summed E-state index contributed by atoms with van der Waals surface area (Å²) in [5, 5.41) is 10.5. The van der Waals surface area contributed by atoms with E-state index < -0.39 is 12.0 Å². The summed E-state index contributed by atoms with van der Waals surface area (Å²) in [5.74, 6) is 5.29. The molecule has 7 heteroatoms. The van der Waals surface area contributed by atoms with Gasteiger partial charge in [-0.2, -0.15) is 0 Å². The molecule has 3 aromatic rings. The number of aliphatic hydroxyl groups excluding tert-OH is 1. The lowest BCUT2D eigenvalue weighted by molar-refractivity contribution is -0.135. The average Bonchev–Trinajstić information content (AvgIpc) is 2.71. The highest BCUT2D eigenvalue weighted by molar-refractivity contribution is 5.83. The Hall–Kier alpha value is -3.50. The number of hydrogen-bond acceptors (Lipinski definition) is 5. The molecule has 2 N–H and O–H groups in total. The second-order valence-electron chi connectivity index (χ2n) is 5.91. The van der Waals surface area contributed by atoms with Gasteiger partial charge in [-0.15, -0.1) is 0 Å². The number of hydrogen-bond donors (Lipinski definition) is 2. The first kappa shape index (κ1) is 18.3. The molecule has 27 heavy (non-hydrogen) atoms. The van der Waals surface area contributed by atoms with E-state index in [0.717, 1.165) is 0 Å². The summed E-state index contributed by atoms with van der Waals surface area (Å²) in [6.45, 7) is 2.31. The fraction of sp³-hybridized carbons (Fsp3) is 0.200. The predicted molar refractivity (Wildman–Crippen MR) is 102 cm³/mol. The number of likely N-dealkylation sites (N-methyl/N-ethyl adjacent to an activating group) is 1. The Balaban J connectivity index is 1.91. The van der Waals surface area contributed by atoms with Gasteiger partial charge in [-0.3, -0.25) is 9.59 Å². The SMILES string of the molecule is CCN(C)C(=O)[C@H](O)C#Cc1cccc(-c2ncc3cc[nH]c(=O)c3n2)c1. The quantitative estimate of drug-likeness (QED) is 0.682. The highest BCUT2D eigenvalue weighted by Gasteiger charge is 2.15. The monoisotopic (exact) mass is 362 g/mol. The fourth-order valence-corrected chi connectivity index (χ4v) is 2.42. The van der Waals surface area contributed by atoms with Crippen molar-refractivity contribution in [3.8, 4) is 23.2 Å². The molecule has 136 valence electrons. The molecule has 0 aliphatic heterocycles. The van der Waals surface area contributed by atoms with Gasteiger partial charge < -0.3 is 15.0 Å². The van der Waals surface area contributed by atoms with Crippen molar-refractivity contribution in [2.75, 3.05) is 13.6 Å². The topological polar surface area (TPSA) is 99.2 Å². The number of amides is 1. The largest absolute Gasteiger partial charge is 0.372 e. The molecule has 0 unspecified atom stereocenters. The van der Waals surface area contributed by atoms with Crippen LogP contribution >= 0.6 is 0 Å². The number of pyridine rings is 1. The lowest BCUT2D eigenvalue weighted by Crippen LogP contribution is -2.35. The second kappa shape index (κ2) is 7.81.